The molecule has 0 saturated carbocycles. The molecule has 2 heterocycles. The third-order valence-corrected chi connectivity index (χ3v) is 3.27. The summed E-state index contributed by atoms with van der Waals surface area (Å²) in [7, 11) is 0. The van der Waals surface area contributed by atoms with Crippen LogP contribution in [0.2, 0.25) is 0 Å². The van der Waals surface area contributed by atoms with E-state index < -0.39 is 0 Å². The number of rotatable bonds is 4. The number of pyridine rings is 1. The first-order valence-electron chi connectivity index (χ1n) is 6.23. The Morgan fingerprint density at radius 1 is 1.56 bits per heavy atom. The predicted octanol–water partition coefficient (Wildman–Crippen LogP) is 1.66. The molecule has 2 rings (SSSR count). The number of nitrogens with one attached hydrogen (secondary N) is 1. The van der Waals surface area contributed by atoms with E-state index >= 15 is 0 Å². The van der Waals surface area contributed by atoms with E-state index in [1.807, 2.05) is 18.5 Å². The molecule has 0 aliphatic carbocycles. The molecule has 0 bridgehead atoms. The molecule has 0 aromatic carbocycles. The average molecular weight is 219 g/mol. The fourth-order valence-electron chi connectivity index (χ4n) is 2.27. The van der Waals surface area contributed by atoms with E-state index in [2.05, 4.69) is 28.2 Å². The lowest BCUT2D eigenvalue weighted by Crippen LogP contribution is -2.45. The summed E-state index contributed by atoms with van der Waals surface area (Å²) in [4.78, 5) is 6.65. The Hall–Kier alpha value is -0.930. The molecular formula is C13H21N3. The minimum Gasteiger partial charge on any atom is -0.309 e. The van der Waals surface area contributed by atoms with E-state index in [1.54, 1.807) is 0 Å². The van der Waals surface area contributed by atoms with Crippen LogP contribution in [0, 0.1) is 0 Å². The highest BCUT2D eigenvalue weighted by Crippen LogP contribution is 2.10. The summed E-state index contributed by atoms with van der Waals surface area (Å²) >= 11 is 0. The molecule has 0 amide bonds. The van der Waals surface area contributed by atoms with Gasteiger partial charge in [0, 0.05) is 31.5 Å². The van der Waals surface area contributed by atoms with Gasteiger partial charge in [-0.2, -0.15) is 0 Å². The molecule has 3 heteroatoms. The highest BCUT2D eigenvalue weighted by atomic mass is 15.2. The number of hydrogen-bond acceptors (Lipinski definition) is 3. The van der Waals surface area contributed by atoms with Gasteiger partial charge in [-0.05, 0) is 37.6 Å². The van der Waals surface area contributed by atoms with Crippen molar-refractivity contribution in [2.24, 2.45) is 0 Å². The second-order valence-electron chi connectivity index (χ2n) is 4.47. The molecule has 1 aliphatic heterocycles. The summed E-state index contributed by atoms with van der Waals surface area (Å²) in [5, 5.41) is 3.62. The SMILES string of the molecule is CCN1CCCC(NCc2cccnc2)C1. The number of nitrogens with zero attached hydrogens (tertiary/aromatic N) is 2. The zero-order valence-corrected chi connectivity index (χ0v) is 10.0. The first-order valence-corrected chi connectivity index (χ1v) is 6.23. The minimum absolute atomic E-state index is 0.647. The zero-order chi connectivity index (χ0) is 11.2. The molecule has 1 unspecified atom stereocenters. The van der Waals surface area contributed by atoms with Gasteiger partial charge in [0.2, 0.25) is 0 Å². The monoisotopic (exact) mass is 219 g/mol. The van der Waals surface area contributed by atoms with Gasteiger partial charge in [-0.3, -0.25) is 4.98 Å². The first-order chi connectivity index (χ1) is 7.88. The fraction of sp³-hybridized carbons (Fsp3) is 0.615. The number of likely N-dealkylation sites (tertiary alicyclic amines) is 1. The molecule has 1 atom stereocenters. The molecule has 1 saturated heterocycles. The van der Waals surface area contributed by atoms with Crippen LogP contribution in [0.25, 0.3) is 0 Å². The van der Waals surface area contributed by atoms with Crippen LogP contribution in [-0.2, 0) is 6.54 Å². The summed E-state index contributed by atoms with van der Waals surface area (Å²) in [6.45, 7) is 6.81. The van der Waals surface area contributed by atoms with Crippen molar-refractivity contribution in [3.63, 3.8) is 0 Å². The second kappa shape index (κ2) is 5.97. The van der Waals surface area contributed by atoms with Crippen molar-refractivity contribution in [2.45, 2.75) is 32.4 Å². The molecular weight excluding hydrogens is 198 g/mol. The molecule has 1 fully saturated rings. The standard InChI is InChI=1S/C13H21N3/c1-2-16-8-4-6-13(11-16)15-10-12-5-3-7-14-9-12/h3,5,7,9,13,15H,2,4,6,8,10-11H2,1H3. The van der Waals surface area contributed by atoms with E-state index in [0.29, 0.717) is 6.04 Å². The summed E-state index contributed by atoms with van der Waals surface area (Å²) in [5.41, 5.74) is 1.27. The van der Waals surface area contributed by atoms with E-state index in [0.717, 1.165) is 6.54 Å². The molecule has 0 spiro atoms. The van der Waals surface area contributed by atoms with Gasteiger partial charge < -0.3 is 10.2 Å². The molecule has 0 radical (unpaired) electrons. The molecule has 16 heavy (non-hydrogen) atoms. The third-order valence-electron chi connectivity index (χ3n) is 3.27. The lowest BCUT2D eigenvalue weighted by Gasteiger charge is -2.32. The Kier molecular flexibility index (Phi) is 4.31. The molecule has 1 aromatic rings. The summed E-state index contributed by atoms with van der Waals surface area (Å²) in [5.74, 6) is 0. The van der Waals surface area contributed by atoms with Gasteiger partial charge in [-0.1, -0.05) is 13.0 Å². The van der Waals surface area contributed by atoms with Crippen LogP contribution in [-0.4, -0.2) is 35.6 Å². The predicted molar refractivity (Wildman–Crippen MR) is 66.2 cm³/mol. The second-order valence-corrected chi connectivity index (χ2v) is 4.47. The number of hydrogen-bond donors (Lipinski definition) is 1. The van der Waals surface area contributed by atoms with Gasteiger partial charge >= 0.3 is 0 Å². The van der Waals surface area contributed by atoms with E-state index in [-0.39, 0.29) is 0 Å². The smallest absolute Gasteiger partial charge is 0.0312 e. The maximum Gasteiger partial charge on any atom is 0.0312 e. The zero-order valence-electron chi connectivity index (χ0n) is 10.0. The Balaban J connectivity index is 1.77. The van der Waals surface area contributed by atoms with Gasteiger partial charge in [-0.25, -0.2) is 0 Å². The van der Waals surface area contributed by atoms with E-state index in [1.165, 1.54) is 38.0 Å². The summed E-state index contributed by atoms with van der Waals surface area (Å²) in [6.07, 6.45) is 6.38. The van der Waals surface area contributed by atoms with E-state index in [4.69, 9.17) is 0 Å². The van der Waals surface area contributed by atoms with Crippen LogP contribution < -0.4 is 5.32 Å². The third kappa shape index (κ3) is 3.29. The molecule has 3 nitrogen and oxygen atoms in total. The maximum absolute atomic E-state index is 4.13. The lowest BCUT2D eigenvalue weighted by molar-refractivity contribution is 0.198. The van der Waals surface area contributed by atoms with Crippen molar-refractivity contribution in [3.05, 3.63) is 30.1 Å². The van der Waals surface area contributed by atoms with Crippen molar-refractivity contribution in [2.75, 3.05) is 19.6 Å². The molecule has 1 aliphatic rings. The van der Waals surface area contributed by atoms with Crippen molar-refractivity contribution >= 4 is 0 Å². The van der Waals surface area contributed by atoms with Gasteiger partial charge in [0.25, 0.3) is 0 Å². The van der Waals surface area contributed by atoms with Crippen LogP contribution in [0.5, 0.6) is 0 Å². The first kappa shape index (κ1) is 11.6. The molecule has 1 aromatic heterocycles. The van der Waals surface area contributed by atoms with Gasteiger partial charge in [0.1, 0.15) is 0 Å². The summed E-state index contributed by atoms with van der Waals surface area (Å²) < 4.78 is 0. The summed E-state index contributed by atoms with van der Waals surface area (Å²) in [6, 6.07) is 4.77. The maximum atomic E-state index is 4.13. The lowest BCUT2D eigenvalue weighted by atomic mass is 10.1. The largest absolute Gasteiger partial charge is 0.309 e. The molecule has 88 valence electrons. The van der Waals surface area contributed by atoms with Crippen LogP contribution in [0.1, 0.15) is 25.3 Å². The quantitative estimate of drug-likeness (QED) is 0.834. The Labute approximate surface area is 97.9 Å². The van der Waals surface area contributed by atoms with Crippen LogP contribution in [0.3, 0.4) is 0 Å². The Bertz CT molecular complexity index is 299. The Morgan fingerprint density at radius 3 is 3.25 bits per heavy atom. The van der Waals surface area contributed by atoms with Gasteiger partial charge in [0.05, 0.1) is 0 Å². The fourth-order valence-corrected chi connectivity index (χ4v) is 2.27. The van der Waals surface area contributed by atoms with Crippen molar-refractivity contribution < 1.29 is 0 Å². The number of aromatic nitrogens is 1. The van der Waals surface area contributed by atoms with Gasteiger partial charge in [-0.15, -0.1) is 0 Å². The normalized spacial score (nSPS) is 22.2. The topological polar surface area (TPSA) is 28.2 Å². The average Bonchev–Trinajstić information content (AvgIpc) is 2.38. The van der Waals surface area contributed by atoms with Crippen molar-refractivity contribution in [3.8, 4) is 0 Å². The highest BCUT2D eigenvalue weighted by Gasteiger charge is 2.17. The van der Waals surface area contributed by atoms with Gasteiger partial charge in [0.15, 0.2) is 0 Å². The van der Waals surface area contributed by atoms with Crippen molar-refractivity contribution in [1.82, 2.24) is 15.2 Å². The van der Waals surface area contributed by atoms with Crippen LogP contribution in [0.4, 0.5) is 0 Å². The molecule has 1 N–H and O–H groups in total. The van der Waals surface area contributed by atoms with E-state index in [9.17, 15) is 0 Å². The van der Waals surface area contributed by atoms with Crippen LogP contribution >= 0.6 is 0 Å². The van der Waals surface area contributed by atoms with Crippen molar-refractivity contribution in [1.29, 1.82) is 0 Å². The van der Waals surface area contributed by atoms with Crippen LogP contribution in [0.15, 0.2) is 24.5 Å². The minimum atomic E-state index is 0.647. The Morgan fingerprint density at radius 2 is 2.50 bits per heavy atom. The number of piperidine rings is 1. The number of likely N-dealkylation sites (N-methyl/N-ethyl adjacent to an activating group) is 1. The highest BCUT2D eigenvalue weighted by molar-refractivity contribution is 5.08.